The standard InChI is InChI=1S/C20H23N/c1-3-16(2)15-18-8-12-20(13-9-18)19-10-6-17(7-11-19)5-4-14-21/h6-13,16H,3-5,15H2,1-2H3. The number of benzene rings is 2. The molecule has 21 heavy (non-hydrogen) atoms. The maximum absolute atomic E-state index is 8.62. The fourth-order valence-electron chi connectivity index (χ4n) is 2.44. The quantitative estimate of drug-likeness (QED) is 0.693. The van der Waals surface area contributed by atoms with Gasteiger partial charge in [0.25, 0.3) is 0 Å². The molecule has 0 amide bonds. The first kappa shape index (κ1) is 15.3. The van der Waals surface area contributed by atoms with Gasteiger partial charge in [0.05, 0.1) is 6.07 Å². The van der Waals surface area contributed by atoms with Crippen LogP contribution in [0.15, 0.2) is 48.5 Å². The van der Waals surface area contributed by atoms with Crippen LogP contribution in [0.3, 0.4) is 0 Å². The summed E-state index contributed by atoms with van der Waals surface area (Å²) in [6.07, 6.45) is 3.81. The van der Waals surface area contributed by atoms with Gasteiger partial charge in [-0.05, 0) is 41.0 Å². The zero-order valence-corrected chi connectivity index (χ0v) is 13.0. The van der Waals surface area contributed by atoms with E-state index in [9.17, 15) is 0 Å². The molecular formula is C20H23N. The van der Waals surface area contributed by atoms with Crippen molar-refractivity contribution in [3.05, 3.63) is 59.7 Å². The summed E-state index contributed by atoms with van der Waals surface area (Å²) in [4.78, 5) is 0. The summed E-state index contributed by atoms with van der Waals surface area (Å²) in [7, 11) is 0. The lowest BCUT2D eigenvalue weighted by Crippen LogP contribution is -1.97. The molecule has 2 rings (SSSR count). The Balaban J connectivity index is 2.06. The third-order valence-corrected chi connectivity index (χ3v) is 4.05. The lowest BCUT2D eigenvalue weighted by atomic mass is 9.96. The summed E-state index contributed by atoms with van der Waals surface area (Å²) >= 11 is 0. The summed E-state index contributed by atoms with van der Waals surface area (Å²) in [6, 6.07) is 19.6. The van der Waals surface area contributed by atoms with E-state index in [0.29, 0.717) is 6.42 Å². The predicted molar refractivity (Wildman–Crippen MR) is 89.0 cm³/mol. The van der Waals surface area contributed by atoms with Crippen molar-refractivity contribution in [3.63, 3.8) is 0 Å². The fourth-order valence-corrected chi connectivity index (χ4v) is 2.44. The summed E-state index contributed by atoms with van der Waals surface area (Å²) in [6.45, 7) is 4.54. The van der Waals surface area contributed by atoms with Crippen LogP contribution in [0, 0.1) is 17.2 Å². The highest BCUT2D eigenvalue weighted by atomic mass is 14.2. The van der Waals surface area contributed by atoms with Gasteiger partial charge in [0.2, 0.25) is 0 Å². The van der Waals surface area contributed by atoms with E-state index in [4.69, 9.17) is 5.26 Å². The number of aryl methyl sites for hydroxylation is 1. The lowest BCUT2D eigenvalue weighted by molar-refractivity contribution is 0.560. The molecule has 2 aromatic rings. The van der Waals surface area contributed by atoms with Crippen molar-refractivity contribution >= 4 is 0 Å². The topological polar surface area (TPSA) is 23.8 Å². The van der Waals surface area contributed by atoms with E-state index < -0.39 is 0 Å². The second-order valence-corrected chi connectivity index (χ2v) is 5.77. The van der Waals surface area contributed by atoms with Crippen molar-refractivity contribution in [3.8, 4) is 17.2 Å². The van der Waals surface area contributed by atoms with Crippen LogP contribution in [0.1, 0.15) is 37.8 Å². The molecule has 108 valence electrons. The van der Waals surface area contributed by atoms with Crippen molar-refractivity contribution in [2.24, 2.45) is 5.92 Å². The average Bonchev–Trinajstić information content (AvgIpc) is 2.54. The molecular weight excluding hydrogens is 254 g/mol. The van der Waals surface area contributed by atoms with Crippen LogP contribution >= 0.6 is 0 Å². The molecule has 0 aliphatic carbocycles. The van der Waals surface area contributed by atoms with Crippen LogP contribution in [-0.2, 0) is 12.8 Å². The van der Waals surface area contributed by atoms with E-state index in [2.05, 4.69) is 68.4 Å². The van der Waals surface area contributed by atoms with E-state index in [1.165, 1.54) is 28.7 Å². The van der Waals surface area contributed by atoms with Crippen molar-refractivity contribution in [2.75, 3.05) is 0 Å². The first-order chi connectivity index (χ1) is 10.2. The van der Waals surface area contributed by atoms with Crippen LogP contribution in [0.4, 0.5) is 0 Å². The molecule has 2 aromatic carbocycles. The number of nitrogens with zero attached hydrogens (tertiary/aromatic N) is 1. The highest BCUT2D eigenvalue weighted by Crippen LogP contribution is 2.22. The van der Waals surface area contributed by atoms with E-state index in [0.717, 1.165) is 18.8 Å². The average molecular weight is 277 g/mol. The predicted octanol–water partition coefficient (Wildman–Crippen LogP) is 5.40. The van der Waals surface area contributed by atoms with Crippen molar-refractivity contribution in [1.82, 2.24) is 0 Å². The van der Waals surface area contributed by atoms with E-state index in [-0.39, 0.29) is 0 Å². The number of hydrogen-bond acceptors (Lipinski definition) is 1. The number of rotatable bonds is 6. The Morgan fingerprint density at radius 1 is 0.905 bits per heavy atom. The van der Waals surface area contributed by atoms with Crippen molar-refractivity contribution < 1.29 is 0 Å². The Morgan fingerprint density at radius 3 is 1.90 bits per heavy atom. The van der Waals surface area contributed by atoms with Crippen LogP contribution in [-0.4, -0.2) is 0 Å². The minimum Gasteiger partial charge on any atom is -0.198 e. The molecule has 0 bridgehead atoms. The SMILES string of the molecule is CCC(C)Cc1ccc(-c2ccc(CCC#N)cc2)cc1. The monoisotopic (exact) mass is 277 g/mol. The largest absolute Gasteiger partial charge is 0.198 e. The molecule has 0 radical (unpaired) electrons. The molecule has 1 nitrogen and oxygen atoms in total. The van der Waals surface area contributed by atoms with Gasteiger partial charge in [0, 0.05) is 6.42 Å². The van der Waals surface area contributed by atoms with E-state index in [1.807, 2.05) is 0 Å². The van der Waals surface area contributed by atoms with Gasteiger partial charge < -0.3 is 0 Å². The van der Waals surface area contributed by atoms with Crippen LogP contribution in [0.25, 0.3) is 11.1 Å². The second-order valence-electron chi connectivity index (χ2n) is 5.77. The maximum atomic E-state index is 8.62. The van der Waals surface area contributed by atoms with Gasteiger partial charge in [0.15, 0.2) is 0 Å². The minimum atomic E-state index is 0.587. The molecule has 0 aromatic heterocycles. The lowest BCUT2D eigenvalue weighted by Gasteiger charge is -2.09. The first-order valence-electron chi connectivity index (χ1n) is 7.78. The fraction of sp³-hybridized carbons (Fsp3) is 0.350. The Morgan fingerprint density at radius 2 is 1.43 bits per heavy atom. The molecule has 0 aliphatic heterocycles. The number of nitriles is 1. The van der Waals surface area contributed by atoms with Gasteiger partial charge in [-0.25, -0.2) is 0 Å². The molecule has 0 N–H and O–H groups in total. The van der Waals surface area contributed by atoms with Crippen molar-refractivity contribution in [1.29, 1.82) is 5.26 Å². The zero-order valence-electron chi connectivity index (χ0n) is 13.0. The molecule has 0 saturated carbocycles. The molecule has 1 unspecified atom stereocenters. The normalized spacial score (nSPS) is 11.9. The van der Waals surface area contributed by atoms with E-state index >= 15 is 0 Å². The molecule has 0 fully saturated rings. The van der Waals surface area contributed by atoms with E-state index in [1.54, 1.807) is 0 Å². The van der Waals surface area contributed by atoms with Gasteiger partial charge in [-0.2, -0.15) is 5.26 Å². The van der Waals surface area contributed by atoms with Crippen molar-refractivity contribution in [2.45, 2.75) is 39.5 Å². The third kappa shape index (κ3) is 4.46. The van der Waals surface area contributed by atoms with Crippen LogP contribution in [0.2, 0.25) is 0 Å². The summed E-state index contributed by atoms with van der Waals surface area (Å²) in [5, 5.41) is 8.62. The molecule has 0 heterocycles. The Bertz CT molecular complexity index is 587. The highest BCUT2D eigenvalue weighted by molar-refractivity contribution is 5.64. The highest BCUT2D eigenvalue weighted by Gasteiger charge is 2.02. The summed E-state index contributed by atoms with van der Waals surface area (Å²) in [5.74, 6) is 0.746. The second kappa shape index (κ2) is 7.64. The molecule has 0 saturated heterocycles. The molecule has 1 heteroatoms. The molecule has 0 aliphatic rings. The summed E-state index contributed by atoms with van der Waals surface area (Å²) < 4.78 is 0. The Labute approximate surface area is 128 Å². The Kier molecular flexibility index (Phi) is 5.58. The molecule has 1 atom stereocenters. The smallest absolute Gasteiger partial charge is 0.0625 e. The molecule has 0 spiro atoms. The van der Waals surface area contributed by atoms with Gasteiger partial charge >= 0.3 is 0 Å². The Hall–Kier alpha value is -2.07. The summed E-state index contributed by atoms with van der Waals surface area (Å²) in [5.41, 5.74) is 5.15. The van der Waals surface area contributed by atoms with Gasteiger partial charge in [0.1, 0.15) is 0 Å². The zero-order chi connectivity index (χ0) is 15.1. The van der Waals surface area contributed by atoms with Gasteiger partial charge in [-0.1, -0.05) is 68.8 Å². The minimum absolute atomic E-state index is 0.587. The van der Waals surface area contributed by atoms with Gasteiger partial charge in [-0.15, -0.1) is 0 Å². The first-order valence-corrected chi connectivity index (χ1v) is 7.78. The van der Waals surface area contributed by atoms with Crippen LogP contribution < -0.4 is 0 Å². The van der Waals surface area contributed by atoms with Gasteiger partial charge in [-0.3, -0.25) is 0 Å². The number of hydrogen-bond donors (Lipinski definition) is 0. The van der Waals surface area contributed by atoms with Crippen LogP contribution in [0.5, 0.6) is 0 Å². The maximum Gasteiger partial charge on any atom is 0.0625 e. The third-order valence-electron chi connectivity index (χ3n) is 4.05.